The van der Waals surface area contributed by atoms with Crippen molar-refractivity contribution in [3.8, 4) is 0 Å². The van der Waals surface area contributed by atoms with E-state index in [-0.39, 0.29) is 31.0 Å². The second kappa shape index (κ2) is 9.13. The first kappa shape index (κ1) is 7.32. The number of piperidine rings is 1. The van der Waals surface area contributed by atoms with Crippen LogP contribution in [0.1, 0.15) is 60.5 Å². The van der Waals surface area contributed by atoms with Crippen LogP contribution in [0.15, 0.2) is 60.4 Å². The first-order chi connectivity index (χ1) is 20.0. The standard InChI is InChI=1S/C22H27NO4/c1-2-17-26-22(18-9-5-3-6-10-18,19-11-7-4-8-12-19)21(24)27-20-13-15-23(25)16-14-20/h3-12,20,23H,2,13-17H2,1H3/i1D3,2D2,3D,4D,5D,6D,7D,8D,9D,10D,11D,12D,17D2. The SMILES string of the molecule is [2H]c1c([2H])c([2H])c(C(OC([2H])([2H])C([2H])([2H])C([2H])([2H])[2H])(C(=O)OC2CC[NH+]([O-])CC2)c2c([2H])c([2H])c([2H])c([2H])c2[2H])c([2H])c1[2H]. The maximum absolute atomic E-state index is 14.4. The van der Waals surface area contributed by atoms with E-state index in [4.69, 9.17) is 32.8 Å². The predicted molar refractivity (Wildman–Crippen MR) is 103 cm³/mol. The van der Waals surface area contributed by atoms with E-state index in [1.807, 2.05) is 0 Å². The van der Waals surface area contributed by atoms with Crippen LogP contribution in [0.5, 0.6) is 0 Å². The molecule has 1 N–H and O–H groups in total. The van der Waals surface area contributed by atoms with Crippen molar-refractivity contribution in [2.45, 2.75) is 37.8 Å². The Labute approximate surface area is 184 Å². The second-order valence-corrected chi connectivity index (χ2v) is 5.65. The molecule has 1 fully saturated rings. The molecule has 144 valence electrons. The molecule has 0 bridgehead atoms. The molecule has 1 aliphatic rings. The van der Waals surface area contributed by atoms with Crippen molar-refractivity contribution in [2.24, 2.45) is 0 Å². The molecule has 0 radical (unpaired) electrons. The van der Waals surface area contributed by atoms with Crippen molar-refractivity contribution in [3.05, 3.63) is 76.8 Å². The number of carbonyl (C=O) groups excluding carboxylic acids is 1. The monoisotopic (exact) mass is 386 g/mol. The molecule has 3 rings (SSSR count). The summed E-state index contributed by atoms with van der Waals surface area (Å²) >= 11 is 0. The zero-order valence-electron chi connectivity index (χ0n) is 31.0. The average Bonchev–Trinajstić information content (AvgIpc) is 2.93. The molecule has 0 atom stereocenters. The van der Waals surface area contributed by atoms with E-state index in [9.17, 15) is 10.0 Å². The van der Waals surface area contributed by atoms with Crippen LogP contribution >= 0.6 is 0 Å². The van der Waals surface area contributed by atoms with E-state index >= 15 is 0 Å². The van der Waals surface area contributed by atoms with Gasteiger partial charge in [0.05, 0.1) is 29.5 Å². The second-order valence-electron chi connectivity index (χ2n) is 5.65. The van der Waals surface area contributed by atoms with Crippen LogP contribution in [0, 0.1) is 5.21 Å². The molecule has 0 unspecified atom stereocenters. The largest absolute Gasteiger partial charge is 0.634 e. The summed E-state index contributed by atoms with van der Waals surface area (Å²) in [5, 5.41) is 11.6. The van der Waals surface area contributed by atoms with E-state index in [0.717, 1.165) is 0 Å². The normalized spacial score (nSPS) is 30.8. The Kier molecular flexibility index (Phi) is 2.47. The molecule has 1 heterocycles. The quantitative estimate of drug-likeness (QED) is 0.586. The van der Waals surface area contributed by atoms with E-state index in [0.29, 0.717) is 0 Å². The Balaban J connectivity index is 2.61. The van der Waals surface area contributed by atoms with Gasteiger partial charge in [-0.15, -0.1) is 0 Å². The van der Waals surface area contributed by atoms with Gasteiger partial charge >= 0.3 is 5.97 Å². The summed E-state index contributed by atoms with van der Waals surface area (Å²) in [7, 11) is 0. The van der Waals surface area contributed by atoms with Gasteiger partial charge in [-0.05, 0) is 17.5 Å². The average molecular weight is 387 g/mol. The summed E-state index contributed by atoms with van der Waals surface area (Å²) in [6.07, 6.45) is -5.40. The molecular formula is C22H27NO4. The molecule has 2 aromatic rings. The van der Waals surface area contributed by atoms with Crippen molar-refractivity contribution in [3.63, 3.8) is 0 Å². The van der Waals surface area contributed by atoms with Gasteiger partial charge in [-0.25, -0.2) is 4.79 Å². The van der Waals surface area contributed by atoms with Crippen LogP contribution in [0.25, 0.3) is 0 Å². The van der Waals surface area contributed by atoms with Crippen LogP contribution in [-0.4, -0.2) is 31.7 Å². The van der Waals surface area contributed by atoms with Gasteiger partial charge in [0, 0.05) is 26.3 Å². The molecule has 1 aliphatic heterocycles. The van der Waals surface area contributed by atoms with E-state index in [2.05, 4.69) is 0 Å². The Hall–Kier alpha value is -2.21. The topological polar surface area (TPSA) is 63.0 Å². The predicted octanol–water partition coefficient (Wildman–Crippen LogP) is 2.45. The number of esters is 1. The number of hydroxylamine groups is 2. The van der Waals surface area contributed by atoms with Crippen molar-refractivity contribution in [2.75, 3.05) is 19.6 Å². The highest BCUT2D eigenvalue weighted by molar-refractivity contribution is 5.86. The summed E-state index contributed by atoms with van der Waals surface area (Å²) in [5.41, 5.74) is -6.46. The zero-order valence-corrected chi connectivity index (χ0v) is 14.0. The first-order valence-electron chi connectivity index (χ1n) is 16.5. The van der Waals surface area contributed by atoms with Crippen LogP contribution < -0.4 is 5.06 Å². The Morgan fingerprint density at radius 2 is 1.74 bits per heavy atom. The van der Waals surface area contributed by atoms with Crippen molar-refractivity contribution < 1.29 is 42.6 Å². The van der Waals surface area contributed by atoms with Crippen molar-refractivity contribution in [1.82, 2.24) is 0 Å². The fourth-order valence-corrected chi connectivity index (χ4v) is 2.69. The molecule has 0 aliphatic carbocycles. The molecule has 5 nitrogen and oxygen atoms in total. The fourth-order valence-electron chi connectivity index (χ4n) is 2.69. The number of benzene rings is 2. The van der Waals surface area contributed by atoms with Crippen LogP contribution in [-0.2, 0) is 19.9 Å². The Morgan fingerprint density at radius 3 is 2.26 bits per heavy atom. The van der Waals surface area contributed by atoms with Crippen LogP contribution in [0.3, 0.4) is 0 Å². The fraction of sp³-hybridized carbons (Fsp3) is 0.409. The number of quaternary nitrogens is 1. The van der Waals surface area contributed by atoms with Crippen molar-refractivity contribution in [1.29, 1.82) is 0 Å². The molecule has 2 aromatic carbocycles. The number of nitrogens with one attached hydrogen (secondary N) is 1. The highest BCUT2D eigenvalue weighted by atomic mass is 16.6. The maximum atomic E-state index is 14.4. The lowest BCUT2D eigenvalue weighted by Gasteiger charge is -2.36. The van der Waals surface area contributed by atoms with E-state index in [1.54, 1.807) is 0 Å². The van der Waals surface area contributed by atoms with Gasteiger partial charge < -0.3 is 19.7 Å². The van der Waals surface area contributed by atoms with Gasteiger partial charge in [0.15, 0.2) is 0 Å². The molecule has 0 amide bonds. The van der Waals surface area contributed by atoms with Gasteiger partial charge in [-0.2, -0.15) is 0 Å². The molecule has 0 aromatic heterocycles. The van der Waals surface area contributed by atoms with Gasteiger partial charge in [0.2, 0.25) is 5.60 Å². The summed E-state index contributed by atoms with van der Waals surface area (Å²) < 4.78 is 149. The smallest absolute Gasteiger partial charge is 0.348 e. The lowest BCUT2D eigenvalue weighted by atomic mass is 9.85. The Bertz CT molecular complexity index is 1340. The molecule has 27 heavy (non-hydrogen) atoms. The lowest BCUT2D eigenvalue weighted by molar-refractivity contribution is -0.854. The number of ether oxygens (including phenoxy) is 2. The third kappa shape index (κ3) is 4.38. The van der Waals surface area contributed by atoms with Gasteiger partial charge in [-0.3, -0.25) is 0 Å². The molecule has 1 saturated heterocycles. The first-order valence-corrected chi connectivity index (χ1v) is 8.03. The highest BCUT2D eigenvalue weighted by Gasteiger charge is 2.46. The molecule has 5 heteroatoms. The highest BCUT2D eigenvalue weighted by Crippen LogP contribution is 2.36. The minimum Gasteiger partial charge on any atom is -0.634 e. The minimum absolute atomic E-state index is 0.0858. The minimum atomic E-state index is -4.18. The molecular weight excluding hydrogens is 342 g/mol. The van der Waals surface area contributed by atoms with E-state index < -0.39 is 109 Å². The van der Waals surface area contributed by atoms with Gasteiger partial charge in [-0.1, -0.05) is 67.3 Å². The number of hydrogen-bond donors (Lipinski definition) is 1. The van der Waals surface area contributed by atoms with Crippen LogP contribution in [0.2, 0.25) is 0 Å². The number of hydrogen-bond acceptors (Lipinski definition) is 4. The summed E-state index contributed by atoms with van der Waals surface area (Å²) in [4.78, 5) is 14.4. The lowest BCUT2D eigenvalue weighted by Crippen LogP contribution is -3.08. The third-order valence-electron chi connectivity index (χ3n) is 4.01. The van der Waals surface area contributed by atoms with Crippen LogP contribution in [0.4, 0.5) is 0 Å². The molecule has 0 saturated carbocycles. The van der Waals surface area contributed by atoms with E-state index in [1.165, 1.54) is 0 Å². The Morgan fingerprint density at radius 1 is 1.19 bits per heavy atom. The zero-order chi connectivity index (χ0) is 33.9. The summed E-state index contributed by atoms with van der Waals surface area (Å²) in [6, 6.07) is -11.8. The maximum Gasteiger partial charge on any atom is 0.348 e. The van der Waals surface area contributed by atoms with Crippen molar-refractivity contribution >= 4 is 5.97 Å². The molecule has 0 spiro atoms. The van der Waals surface area contributed by atoms with Gasteiger partial charge in [0.25, 0.3) is 0 Å². The number of rotatable bonds is 7. The third-order valence-corrected chi connectivity index (χ3v) is 4.01. The summed E-state index contributed by atoms with van der Waals surface area (Å²) in [6.45, 7) is -8.17. The summed E-state index contributed by atoms with van der Waals surface area (Å²) in [5.74, 6) is -1.90. The van der Waals surface area contributed by atoms with Gasteiger partial charge in [0.1, 0.15) is 6.10 Å². The number of carbonyl (C=O) groups is 1.